The predicted octanol–water partition coefficient (Wildman–Crippen LogP) is 4.83. The number of methoxy groups -OCH3 is 1. The first-order chi connectivity index (χ1) is 15.1. The fourth-order valence-electron chi connectivity index (χ4n) is 3.11. The monoisotopic (exact) mass is 419 g/mol. The van der Waals surface area contributed by atoms with Gasteiger partial charge < -0.3 is 19.2 Å². The maximum atomic E-state index is 13.7. The Morgan fingerprint density at radius 2 is 1.77 bits per heavy atom. The van der Waals surface area contributed by atoms with Crippen molar-refractivity contribution < 1.29 is 27.9 Å². The highest BCUT2D eigenvalue weighted by Crippen LogP contribution is 2.33. The third kappa shape index (κ3) is 4.25. The summed E-state index contributed by atoms with van der Waals surface area (Å²) in [5, 5.41) is 3.23. The maximum absolute atomic E-state index is 13.7. The van der Waals surface area contributed by atoms with Gasteiger partial charge in [0.25, 0.3) is 5.91 Å². The molecule has 1 aromatic heterocycles. The van der Waals surface area contributed by atoms with Crippen molar-refractivity contribution in [1.82, 2.24) is 0 Å². The molecule has 0 radical (unpaired) electrons. The number of halogens is 1. The van der Waals surface area contributed by atoms with E-state index >= 15 is 0 Å². The summed E-state index contributed by atoms with van der Waals surface area (Å²) in [4.78, 5) is 25.6. The number of hydrogen-bond acceptors (Lipinski definition) is 5. The molecule has 3 aromatic carbocycles. The van der Waals surface area contributed by atoms with E-state index in [1.54, 1.807) is 54.6 Å². The van der Waals surface area contributed by atoms with Gasteiger partial charge in [0.2, 0.25) is 5.78 Å². The molecule has 31 heavy (non-hydrogen) atoms. The predicted molar refractivity (Wildman–Crippen MR) is 113 cm³/mol. The minimum atomic E-state index is -0.571. The normalized spacial score (nSPS) is 10.6. The van der Waals surface area contributed by atoms with Crippen LogP contribution in [0.1, 0.15) is 16.1 Å². The van der Waals surface area contributed by atoms with Gasteiger partial charge in [0.05, 0.1) is 12.8 Å². The van der Waals surface area contributed by atoms with E-state index in [1.165, 1.54) is 25.3 Å². The van der Waals surface area contributed by atoms with E-state index in [0.717, 1.165) is 0 Å². The Kier molecular flexibility index (Phi) is 5.66. The van der Waals surface area contributed by atoms with Crippen molar-refractivity contribution in [3.8, 4) is 11.5 Å². The van der Waals surface area contributed by atoms with Crippen LogP contribution in [0, 0.1) is 5.82 Å². The molecule has 0 atom stereocenters. The molecule has 0 spiro atoms. The molecule has 0 unspecified atom stereocenters. The summed E-state index contributed by atoms with van der Waals surface area (Å²) in [6, 6.07) is 19.4. The van der Waals surface area contributed by atoms with Crippen molar-refractivity contribution in [2.75, 3.05) is 19.0 Å². The minimum Gasteiger partial charge on any atom is -0.497 e. The van der Waals surface area contributed by atoms with Crippen molar-refractivity contribution in [2.24, 2.45) is 0 Å². The second kappa shape index (κ2) is 8.71. The highest BCUT2D eigenvalue weighted by molar-refractivity contribution is 6.17. The molecule has 0 aliphatic heterocycles. The lowest BCUT2D eigenvalue weighted by Crippen LogP contribution is -2.21. The Balaban J connectivity index is 1.62. The zero-order valence-electron chi connectivity index (χ0n) is 16.6. The number of rotatable bonds is 7. The molecule has 6 nitrogen and oxygen atoms in total. The molecule has 4 aromatic rings. The van der Waals surface area contributed by atoms with Crippen LogP contribution in [0.2, 0.25) is 0 Å². The SMILES string of the molecule is COc1cccc(C(=O)c2oc3ccccc3c2NC(=O)COc2ccccc2F)c1. The van der Waals surface area contributed by atoms with E-state index in [4.69, 9.17) is 13.9 Å². The van der Waals surface area contributed by atoms with Crippen LogP contribution in [0.5, 0.6) is 11.5 Å². The van der Waals surface area contributed by atoms with Crippen LogP contribution >= 0.6 is 0 Å². The van der Waals surface area contributed by atoms with Gasteiger partial charge >= 0.3 is 0 Å². The number of ketones is 1. The van der Waals surface area contributed by atoms with E-state index in [1.807, 2.05) is 0 Å². The molecule has 1 amide bonds. The molecule has 7 heteroatoms. The molecule has 0 saturated heterocycles. The van der Waals surface area contributed by atoms with Crippen LogP contribution in [0.15, 0.2) is 77.2 Å². The molecular formula is C24H18FNO5. The highest BCUT2D eigenvalue weighted by Gasteiger charge is 2.24. The maximum Gasteiger partial charge on any atom is 0.262 e. The number of amides is 1. The lowest BCUT2D eigenvalue weighted by atomic mass is 10.1. The zero-order valence-corrected chi connectivity index (χ0v) is 16.6. The molecule has 156 valence electrons. The number of furan rings is 1. The summed E-state index contributed by atoms with van der Waals surface area (Å²) in [5.41, 5.74) is 1.01. The van der Waals surface area contributed by atoms with Crippen molar-refractivity contribution in [3.05, 3.63) is 89.9 Å². The Morgan fingerprint density at radius 1 is 1.00 bits per heavy atom. The van der Waals surface area contributed by atoms with Gasteiger partial charge in [-0.05, 0) is 36.4 Å². The van der Waals surface area contributed by atoms with Crippen LogP contribution < -0.4 is 14.8 Å². The smallest absolute Gasteiger partial charge is 0.262 e. The standard InChI is InChI=1S/C24H18FNO5/c1-29-16-8-6-7-15(13-16)23(28)24-22(17-9-2-4-11-19(17)31-24)26-21(27)14-30-20-12-5-3-10-18(20)25/h2-13H,14H2,1H3,(H,26,27). The Morgan fingerprint density at radius 3 is 2.58 bits per heavy atom. The molecule has 1 N–H and O–H groups in total. The Labute approximate surface area is 177 Å². The minimum absolute atomic E-state index is 0.0197. The molecule has 0 fully saturated rings. The first-order valence-corrected chi connectivity index (χ1v) is 9.44. The zero-order chi connectivity index (χ0) is 21.8. The van der Waals surface area contributed by atoms with Crippen molar-refractivity contribution in [2.45, 2.75) is 0 Å². The molecule has 0 saturated carbocycles. The summed E-state index contributed by atoms with van der Waals surface area (Å²) in [5.74, 6) is -1.09. The van der Waals surface area contributed by atoms with Crippen molar-refractivity contribution in [1.29, 1.82) is 0 Å². The van der Waals surface area contributed by atoms with Gasteiger partial charge in [-0.25, -0.2) is 4.39 Å². The second-order valence-corrected chi connectivity index (χ2v) is 6.63. The molecule has 0 aliphatic rings. The van der Waals surface area contributed by atoms with Crippen LogP contribution in [0.4, 0.5) is 10.1 Å². The largest absolute Gasteiger partial charge is 0.497 e. The number of carbonyl (C=O) groups is 2. The number of benzene rings is 3. The number of anilines is 1. The van der Waals surface area contributed by atoms with Gasteiger partial charge in [-0.3, -0.25) is 9.59 Å². The van der Waals surface area contributed by atoms with E-state index in [9.17, 15) is 14.0 Å². The fourth-order valence-corrected chi connectivity index (χ4v) is 3.11. The topological polar surface area (TPSA) is 77.8 Å². The quantitative estimate of drug-likeness (QED) is 0.434. The molecule has 1 heterocycles. The van der Waals surface area contributed by atoms with Crippen LogP contribution in [-0.4, -0.2) is 25.4 Å². The Hall–Kier alpha value is -4.13. The summed E-state index contributed by atoms with van der Waals surface area (Å²) in [6.45, 7) is -0.437. The molecular weight excluding hydrogens is 401 g/mol. The number of ether oxygens (including phenoxy) is 2. The number of fused-ring (bicyclic) bond motifs is 1. The summed E-state index contributed by atoms with van der Waals surface area (Å²) in [7, 11) is 1.51. The highest BCUT2D eigenvalue weighted by atomic mass is 19.1. The number of hydrogen-bond donors (Lipinski definition) is 1. The van der Waals surface area contributed by atoms with Crippen molar-refractivity contribution in [3.63, 3.8) is 0 Å². The molecule has 4 rings (SSSR count). The molecule has 0 bridgehead atoms. The van der Waals surface area contributed by atoms with Gasteiger partial charge in [-0.2, -0.15) is 0 Å². The third-order valence-electron chi connectivity index (χ3n) is 4.59. The lowest BCUT2D eigenvalue weighted by Gasteiger charge is -2.09. The second-order valence-electron chi connectivity index (χ2n) is 6.63. The first kappa shape index (κ1) is 20.2. The average Bonchev–Trinajstić information content (AvgIpc) is 3.16. The van der Waals surface area contributed by atoms with Crippen molar-refractivity contribution >= 4 is 28.3 Å². The number of carbonyl (C=O) groups excluding carboxylic acids is 2. The van der Waals surface area contributed by atoms with E-state index in [2.05, 4.69) is 5.32 Å². The first-order valence-electron chi connectivity index (χ1n) is 9.44. The van der Waals surface area contributed by atoms with Gasteiger partial charge in [-0.1, -0.05) is 36.4 Å². The van der Waals surface area contributed by atoms with Crippen LogP contribution in [0.25, 0.3) is 11.0 Å². The average molecular weight is 419 g/mol. The van der Waals surface area contributed by atoms with E-state index < -0.39 is 24.1 Å². The summed E-state index contributed by atoms with van der Waals surface area (Å²) >= 11 is 0. The fraction of sp³-hybridized carbons (Fsp3) is 0.0833. The third-order valence-corrected chi connectivity index (χ3v) is 4.59. The van der Waals surface area contributed by atoms with Crippen LogP contribution in [-0.2, 0) is 4.79 Å². The van der Waals surface area contributed by atoms with E-state index in [-0.39, 0.29) is 17.2 Å². The van der Waals surface area contributed by atoms with Crippen LogP contribution in [0.3, 0.4) is 0 Å². The van der Waals surface area contributed by atoms with Gasteiger partial charge in [-0.15, -0.1) is 0 Å². The molecule has 0 aliphatic carbocycles. The summed E-state index contributed by atoms with van der Waals surface area (Å²) < 4.78 is 29.9. The Bertz CT molecular complexity index is 1260. The lowest BCUT2D eigenvalue weighted by molar-refractivity contribution is -0.118. The number of para-hydroxylation sites is 2. The van der Waals surface area contributed by atoms with Gasteiger partial charge in [0.15, 0.2) is 23.9 Å². The van der Waals surface area contributed by atoms with Gasteiger partial charge in [0.1, 0.15) is 11.3 Å². The summed E-state index contributed by atoms with van der Waals surface area (Å²) in [6.07, 6.45) is 0. The van der Waals surface area contributed by atoms with E-state index in [0.29, 0.717) is 22.3 Å². The number of nitrogens with one attached hydrogen (secondary N) is 1. The van der Waals surface area contributed by atoms with Gasteiger partial charge in [0, 0.05) is 10.9 Å².